The molecule has 0 aliphatic heterocycles. The molecule has 0 aliphatic carbocycles. The van der Waals surface area contributed by atoms with Gasteiger partial charge >= 0.3 is 0 Å². The normalized spacial score (nSPS) is 10.0. The molecule has 0 unspecified atom stereocenters. The topological polar surface area (TPSA) is 68.9 Å². The molecule has 0 atom stereocenters. The number of unbranched alkanes of at least 4 members (excludes halogenated alkanes) is 2. The highest BCUT2D eigenvalue weighted by Gasteiger charge is 2.07. The van der Waals surface area contributed by atoms with Gasteiger partial charge in [-0.15, -0.1) is 0 Å². The number of aliphatic hydroxyl groups excluding tert-OH is 1. The summed E-state index contributed by atoms with van der Waals surface area (Å²) in [6, 6.07) is 4.09. The summed E-state index contributed by atoms with van der Waals surface area (Å²) in [6.45, 7) is 4.87. The van der Waals surface area contributed by atoms with E-state index in [9.17, 15) is 0 Å². The van der Waals surface area contributed by atoms with Crippen LogP contribution in [-0.4, -0.2) is 23.2 Å². The minimum absolute atomic E-state index is 0.241. The van der Waals surface area contributed by atoms with Crippen LogP contribution in [0.5, 0.6) is 0 Å². The minimum atomic E-state index is 0.241. The summed E-state index contributed by atoms with van der Waals surface area (Å²) in [7, 11) is 0. The second-order valence-electron chi connectivity index (χ2n) is 4.13. The standard InChI is InChI=1S/C13H19N3O/c1-10-8-11(2)16-13(12(10)9-14)15-6-4-3-5-7-17/h8,17H,3-7H2,1-2H3,(H,15,16). The summed E-state index contributed by atoms with van der Waals surface area (Å²) < 4.78 is 0. The number of hydrogen-bond acceptors (Lipinski definition) is 4. The predicted molar refractivity (Wildman–Crippen MR) is 67.9 cm³/mol. The maximum absolute atomic E-state index is 9.07. The Morgan fingerprint density at radius 2 is 2.12 bits per heavy atom. The molecule has 4 nitrogen and oxygen atoms in total. The van der Waals surface area contributed by atoms with Gasteiger partial charge in [0.05, 0.1) is 5.56 Å². The Hall–Kier alpha value is -1.60. The van der Waals surface area contributed by atoms with Gasteiger partial charge < -0.3 is 10.4 Å². The fraction of sp³-hybridized carbons (Fsp3) is 0.538. The maximum atomic E-state index is 9.07. The van der Waals surface area contributed by atoms with Gasteiger partial charge in [0.15, 0.2) is 0 Å². The number of nitrogens with zero attached hydrogens (tertiary/aromatic N) is 2. The third kappa shape index (κ3) is 4.04. The van der Waals surface area contributed by atoms with Crippen LogP contribution in [0.25, 0.3) is 0 Å². The predicted octanol–water partition coefficient (Wildman–Crippen LogP) is 2.14. The number of aliphatic hydroxyl groups is 1. The Kier molecular flexibility index (Phi) is 5.44. The van der Waals surface area contributed by atoms with E-state index in [2.05, 4.69) is 16.4 Å². The van der Waals surface area contributed by atoms with Crippen molar-refractivity contribution in [3.05, 3.63) is 22.9 Å². The molecular formula is C13H19N3O. The van der Waals surface area contributed by atoms with Crippen molar-refractivity contribution in [2.75, 3.05) is 18.5 Å². The molecule has 0 aliphatic rings. The number of aromatic nitrogens is 1. The second kappa shape index (κ2) is 6.87. The molecular weight excluding hydrogens is 214 g/mol. The number of rotatable bonds is 6. The number of aryl methyl sites for hydroxylation is 2. The van der Waals surface area contributed by atoms with Crippen LogP contribution >= 0.6 is 0 Å². The van der Waals surface area contributed by atoms with E-state index in [1.807, 2.05) is 19.9 Å². The average molecular weight is 233 g/mol. The Morgan fingerprint density at radius 3 is 2.76 bits per heavy atom. The van der Waals surface area contributed by atoms with E-state index >= 15 is 0 Å². The SMILES string of the molecule is Cc1cc(C)c(C#N)c(NCCCCCO)n1. The first-order valence-corrected chi connectivity index (χ1v) is 5.92. The zero-order valence-corrected chi connectivity index (χ0v) is 10.5. The fourth-order valence-corrected chi connectivity index (χ4v) is 1.73. The Balaban J connectivity index is 2.61. The molecule has 0 radical (unpaired) electrons. The van der Waals surface area contributed by atoms with Crippen LogP contribution in [0.3, 0.4) is 0 Å². The summed E-state index contributed by atoms with van der Waals surface area (Å²) in [5.74, 6) is 0.675. The van der Waals surface area contributed by atoms with Crippen LogP contribution in [0.15, 0.2) is 6.07 Å². The van der Waals surface area contributed by atoms with Crippen molar-refractivity contribution in [3.8, 4) is 6.07 Å². The molecule has 0 saturated carbocycles. The van der Waals surface area contributed by atoms with Gasteiger partial charge in [-0.25, -0.2) is 4.98 Å². The van der Waals surface area contributed by atoms with Gasteiger partial charge in [0.25, 0.3) is 0 Å². The first kappa shape index (κ1) is 13.5. The van der Waals surface area contributed by atoms with Crippen molar-refractivity contribution in [2.45, 2.75) is 33.1 Å². The number of nitriles is 1. The van der Waals surface area contributed by atoms with E-state index in [1.165, 1.54) is 0 Å². The van der Waals surface area contributed by atoms with Crippen molar-refractivity contribution >= 4 is 5.82 Å². The van der Waals surface area contributed by atoms with Gasteiger partial charge in [0.1, 0.15) is 11.9 Å². The highest BCUT2D eigenvalue weighted by atomic mass is 16.2. The van der Waals surface area contributed by atoms with Crippen LogP contribution < -0.4 is 5.32 Å². The molecule has 0 bridgehead atoms. The van der Waals surface area contributed by atoms with Crippen molar-refractivity contribution < 1.29 is 5.11 Å². The van der Waals surface area contributed by atoms with E-state index in [4.69, 9.17) is 10.4 Å². The van der Waals surface area contributed by atoms with Crippen LogP contribution in [0.4, 0.5) is 5.82 Å². The minimum Gasteiger partial charge on any atom is -0.396 e. The van der Waals surface area contributed by atoms with Crippen molar-refractivity contribution in [2.24, 2.45) is 0 Å². The molecule has 0 fully saturated rings. The zero-order valence-electron chi connectivity index (χ0n) is 10.5. The van der Waals surface area contributed by atoms with Crippen LogP contribution in [0, 0.1) is 25.2 Å². The third-order valence-electron chi connectivity index (χ3n) is 2.58. The first-order valence-electron chi connectivity index (χ1n) is 5.92. The third-order valence-corrected chi connectivity index (χ3v) is 2.58. The van der Waals surface area contributed by atoms with Gasteiger partial charge in [-0.05, 0) is 44.7 Å². The summed E-state index contributed by atoms with van der Waals surface area (Å²) in [4.78, 5) is 4.34. The van der Waals surface area contributed by atoms with Gasteiger partial charge in [-0.3, -0.25) is 0 Å². The van der Waals surface area contributed by atoms with Gasteiger partial charge in [0.2, 0.25) is 0 Å². The number of anilines is 1. The molecule has 17 heavy (non-hydrogen) atoms. The summed E-state index contributed by atoms with van der Waals surface area (Å²) in [5.41, 5.74) is 2.50. The smallest absolute Gasteiger partial charge is 0.144 e. The second-order valence-corrected chi connectivity index (χ2v) is 4.13. The molecule has 92 valence electrons. The Morgan fingerprint density at radius 1 is 1.35 bits per heavy atom. The number of nitrogens with one attached hydrogen (secondary N) is 1. The molecule has 0 saturated heterocycles. The Labute approximate surface area is 102 Å². The lowest BCUT2D eigenvalue weighted by atomic mass is 10.1. The summed E-state index contributed by atoms with van der Waals surface area (Å²) in [6.07, 6.45) is 2.78. The van der Waals surface area contributed by atoms with Gasteiger partial charge in [-0.1, -0.05) is 0 Å². The van der Waals surface area contributed by atoms with Gasteiger partial charge in [0, 0.05) is 18.8 Å². The molecule has 1 heterocycles. The molecule has 0 amide bonds. The molecule has 1 rings (SSSR count). The van der Waals surface area contributed by atoms with E-state index in [0.29, 0.717) is 11.4 Å². The van der Waals surface area contributed by atoms with Crippen LogP contribution in [0.1, 0.15) is 36.1 Å². The van der Waals surface area contributed by atoms with Crippen LogP contribution in [-0.2, 0) is 0 Å². The highest BCUT2D eigenvalue weighted by molar-refractivity contribution is 5.56. The molecule has 4 heteroatoms. The quantitative estimate of drug-likeness (QED) is 0.739. The average Bonchev–Trinajstić information content (AvgIpc) is 2.28. The molecule has 1 aromatic heterocycles. The lowest BCUT2D eigenvalue weighted by molar-refractivity contribution is 0.283. The van der Waals surface area contributed by atoms with Crippen molar-refractivity contribution in [1.29, 1.82) is 5.26 Å². The molecule has 1 aromatic rings. The Bertz CT molecular complexity index is 410. The molecule has 0 spiro atoms. The lowest BCUT2D eigenvalue weighted by Gasteiger charge is -2.09. The van der Waals surface area contributed by atoms with Crippen molar-refractivity contribution in [1.82, 2.24) is 4.98 Å². The maximum Gasteiger partial charge on any atom is 0.144 e. The van der Waals surface area contributed by atoms with E-state index in [1.54, 1.807) is 0 Å². The van der Waals surface area contributed by atoms with E-state index in [0.717, 1.165) is 37.1 Å². The van der Waals surface area contributed by atoms with Gasteiger partial charge in [-0.2, -0.15) is 5.26 Å². The lowest BCUT2D eigenvalue weighted by Crippen LogP contribution is -2.07. The highest BCUT2D eigenvalue weighted by Crippen LogP contribution is 2.17. The summed E-state index contributed by atoms with van der Waals surface area (Å²) >= 11 is 0. The largest absolute Gasteiger partial charge is 0.396 e. The summed E-state index contributed by atoms with van der Waals surface area (Å²) in [5, 5.41) is 20.9. The van der Waals surface area contributed by atoms with Crippen molar-refractivity contribution in [3.63, 3.8) is 0 Å². The van der Waals surface area contributed by atoms with E-state index < -0.39 is 0 Å². The molecule has 2 N–H and O–H groups in total. The molecule has 0 aromatic carbocycles. The first-order chi connectivity index (χ1) is 8.19. The number of pyridine rings is 1. The van der Waals surface area contributed by atoms with E-state index in [-0.39, 0.29) is 6.61 Å². The monoisotopic (exact) mass is 233 g/mol. The zero-order chi connectivity index (χ0) is 12.7. The number of hydrogen-bond donors (Lipinski definition) is 2. The fourth-order valence-electron chi connectivity index (χ4n) is 1.73. The van der Waals surface area contributed by atoms with Crippen LogP contribution in [0.2, 0.25) is 0 Å².